The van der Waals surface area contributed by atoms with Crippen LogP contribution in [0.15, 0.2) is 6.07 Å². The number of aromatic nitrogens is 1. The third kappa shape index (κ3) is 3.74. The molecule has 0 spiro atoms. The lowest BCUT2D eigenvalue weighted by molar-refractivity contribution is -0.136. The Bertz CT molecular complexity index is 609. The number of nitrogens with zero attached hydrogens (tertiary/aromatic N) is 2. The molecule has 3 heterocycles. The highest BCUT2D eigenvalue weighted by molar-refractivity contribution is 5.95. The number of amides is 1. The molecule has 1 amide bonds. The summed E-state index contributed by atoms with van der Waals surface area (Å²) in [7, 11) is 1.97. The van der Waals surface area contributed by atoms with E-state index in [1.807, 2.05) is 31.9 Å². The lowest BCUT2D eigenvalue weighted by atomic mass is 9.96. The first kappa shape index (κ1) is 18.4. The van der Waals surface area contributed by atoms with Gasteiger partial charge in [0.15, 0.2) is 0 Å². The van der Waals surface area contributed by atoms with Gasteiger partial charge >= 0.3 is 0 Å². The van der Waals surface area contributed by atoms with E-state index in [4.69, 9.17) is 4.74 Å². The van der Waals surface area contributed by atoms with Gasteiger partial charge in [-0.3, -0.25) is 9.69 Å². The number of aliphatic hydroxyl groups excluding tert-OH is 2. The number of aromatic amines is 1. The van der Waals surface area contributed by atoms with Crippen molar-refractivity contribution < 1.29 is 19.7 Å². The lowest BCUT2D eigenvalue weighted by Crippen LogP contribution is -2.58. The van der Waals surface area contributed by atoms with Crippen LogP contribution >= 0.6 is 0 Å². The Kier molecular flexibility index (Phi) is 5.48. The molecule has 3 rings (SSSR count). The maximum absolute atomic E-state index is 12.7. The van der Waals surface area contributed by atoms with Gasteiger partial charge in [0.05, 0.1) is 30.9 Å². The fraction of sp³-hybridized carbons (Fsp3) is 0.722. The van der Waals surface area contributed by atoms with Gasteiger partial charge in [-0.05, 0) is 39.8 Å². The van der Waals surface area contributed by atoms with E-state index in [1.165, 1.54) is 0 Å². The van der Waals surface area contributed by atoms with Crippen molar-refractivity contribution in [2.75, 3.05) is 33.4 Å². The molecule has 0 bridgehead atoms. The zero-order valence-corrected chi connectivity index (χ0v) is 15.2. The van der Waals surface area contributed by atoms with E-state index in [0.29, 0.717) is 19.7 Å². The normalized spacial score (nSPS) is 28.6. The fourth-order valence-electron chi connectivity index (χ4n) is 3.99. The highest BCUT2D eigenvalue weighted by atomic mass is 16.5. The highest BCUT2D eigenvalue weighted by Crippen LogP contribution is 2.23. The quantitative estimate of drug-likeness (QED) is 0.728. The Morgan fingerprint density at radius 2 is 1.96 bits per heavy atom. The van der Waals surface area contributed by atoms with Gasteiger partial charge in [-0.15, -0.1) is 0 Å². The monoisotopic (exact) mass is 351 g/mol. The number of carbonyl (C=O) groups excluding carboxylic acids is 1. The molecule has 1 aromatic rings. The Labute approximate surface area is 148 Å². The van der Waals surface area contributed by atoms with Gasteiger partial charge in [-0.2, -0.15) is 0 Å². The van der Waals surface area contributed by atoms with Crippen molar-refractivity contribution >= 4 is 5.91 Å². The van der Waals surface area contributed by atoms with Crippen LogP contribution in [-0.4, -0.2) is 88.5 Å². The summed E-state index contributed by atoms with van der Waals surface area (Å²) in [5.41, 5.74) is 2.67. The van der Waals surface area contributed by atoms with Crippen LogP contribution in [-0.2, 0) is 4.74 Å². The van der Waals surface area contributed by atoms with Crippen LogP contribution in [0.2, 0.25) is 0 Å². The van der Waals surface area contributed by atoms with Gasteiger partial charge in [-0.1, -0.05) is 0 Å². The van der Waals surface area contributed by atoms with Gasteiger partial charge < -0.3 is 24.8 Å². The first-order valence-electron chi connectivity index (χ1n) is 8.99. The number of nitrogens with one attached hydrogen (secondary N) is 1. The predicted octanol–water partition coefficient (Wildman–Crippen LogP) is 0.289. The van der Waals surface area contributed by atoms with Crippen molar-refractivity contribution in [3.63, 3.8) is 0 Å². The van der Waals surface area contributed by atoms with Gasteiger partial charge in [0.1, 0.15) is 6.10 Å². The summed E-state index contributed by atoms with van der Waals surface area (Å²) in [4.78, 5) is 19.9. The summed E-state index contributed by atoms with van der Waals surface area (Å²) in [6, 6.07) is 1.98. The number of likely N-dealkylation sites (tertiary alicyclic amines) is 1. The third-order valence-corrected chi connectivity index (χ3v) is 5.60. The molecule has 25 heavy (non-hydrogen) atoms. The molecule has 0 aromatic carbocycles. The average molecular weight is 351 g/mol. The summed E-state index contributed by atoms with van der Waals surface area (Å²) >= 11 is 0. The van der Waals surface area contributed by atoms with E-state index in [-0.39, 0.29) is 24.6 Å². The number of rotatable bonds is 3. The number of carbonyl (C=O) groups is 1. The van der Waals surface area contributed by atoms with E-state index in [2.05, 4.69) is 9.88 Å². The molecular formula is C18H29N3O4. The molecule has 0 aliphatic carbocycles. The van der Waals surface area contributed by atoms with E-state index >= 15 is 0 Å². The number of H-pyrrole nitrogens is 1. The maximum Gasteiger partial charge on any atom is 0.255 e. The van der Waals surface area contributed by atoms with E-state index in [0.717, 1.165) is 29.8 Å². The molecule has 2 saturated heterocycles. The van der Waals surface area contributed by atoms with Crippen LogP contribution in [0.1, 0.15) is 34.6 Å². The summed E-state index contributed by atoms with van der Waals surface area (Å²) in [5.74, 6) is 0.0828. The van der Waals surface area contributed by atoms with Crippen LogP contribution in [0, 0.1) is 13.8 Å². The van der Waals surface area contributed by atoms with Gasteiger partial charge in [-0.25, -0.2) is 0 Å². The standard InChI is InChI=1S/C18H29N3O4/c1-11-8-14(12(2)19-11)18(24)21-6-4-13(5-7-21)20(3)15-9-25-10-16(22)17(15)23/h8,13,15-17,19,22-23H,4-7,9-10H2,1-3H3/t15-,16-,17+/m1/s1. The van der Waals surface area contributed by atoms with Gasteiger partial charge in [0.2, 0.25) is 0 Å². The molecule has 7 nitrogen and oxygen atoms in total. The molecule has 2 fully saturated rings. The van der Waals surface area contributed by atoms with Crippen LogP contribution in [0.3, 0.4) is 0 Å². The van der Waals surface area contributed by atoms with Gasteiger partial charge in [0.25, 0.3) is 5.91 Å². The Hall–Kier alpha value is -1.41. The second-order valence-corrected chi connectivity index (χ2v) is 7.34. The van der Waals surface area contributed by atoms with Crippen molar-refractivity contribution in [1.82, 2.24) is 14.8 Å². The molecule has 2 aliphatic rings. The fourth-order valence-corrected chi connectivity index (χ4v) is 3.99. The van der Waals surface area contributed by atoms with Crippen LogP contribution in [0.25, 0.3) is 0 Å². The molecule has 1 aromatic heterocycles. The lowest BCUT2D eigenvalue weighted by Gasteiger charge is -2.44. The van der Waals surface area contributed by atoms with Crippen molar-refractivity contribution in [1.29, 1.82) is 0 Å². The zero-order valence-electron chi connectivity index (χ0n) is 15.2. The number of likely N-dealkylation sites (N-methyl/N-ethyl adjacent to an activating group) is 1. The van der Waals surface area contributed by atoms with Crippen molar-refractivity contribution in [3.05, 3.63) is 23.0 Å². The minimum absolute atomic E-state index is 0.0828. The average Bonchev–Trinajstić information content (AvgIpc) is 2.94. The second kappa shape index (κ2) is 7.45. The summed E-state index contributed by atoms with van der Waals surface area (Å²) in [6.07, 6.45) is 0.0835. The molecule has 7 heteroatoms. The molecular weight excluding hydrogens is 322 g/mol. The molecule has 0 radical (unpaired) electrons. The van der Waals surface area contributed by atoms with Crippen LogP contribution in [0.4, 0.5) is 0 Å². The largest absolute Gasteiger partial charge is 0.389 e. The first-order chi connectivity index (χ1) is 11.9. The Morgan fingerprint density at radius 1 is 1.28 bits per heavy atom. The highest BCUT2D eigenvalue weighted by Gasteiger charge is 2.37. The number of aliphatic hydroxyl groups is 2. The summed E-state index contributed by atoms with van der Waals surface area (Å²) in [5, 5.41) is 20.0. The van der Waals surface area contributed by atoms with E-state index < -0.39 is 12.2 Å². The number of aryl methyl sites for hydroxylation is 2. The first-order valence-corrected chi connectivity index (χ1v) is 8.99. The molecule has 3 N–H and O–H groups in total. The number of hydrogen-bond acceptors (Lipinski definition) is 5. The van der Waals surface area contributed by atoms with Crippen molar-refractivity contribution in [2.45, 2.75) is 51.0 Å². The second-order valence-electron chi connectivity index (χ2n) is 7.34. The number of hydrogen-bond donors (Lipinski definition) is 3. The maximum atomic E-state index is 12.7. The van der Waals surface area contributed by atoms with Crippen molar-refractivity contribution in [2.24, 2.45) is 0 Å². The SMILES string of the molecule is Cc1cc(C(=O)N2CCC(N(C)[C@@H]3COC[C@@H](O)[C@H]3O)CC2)c(C)[nH]1. The van der Waals surface area contributed by atoms with Crippen molar-refractivity contribution in [3.8, 4) is 0 Å². The predicted molar refractivity (Wildman–Crippen MR) is 93.6 cm³/mol. The molecule has 0 unspecified atom stereocenters. The zero-order chi connectivity index (χ0) is 18.1. The number of ether oxygens (including phenoxy) is 1. The minimum Gasteiger partial charge on any atom is -0.389 e. The van der Waals surface area contributed by atoms with Crippen LogP contribution < -0.4 is 0 Å². The molecule has 3 atom stereocenters. The number of piperidine rings is 1. The van der Waals surface area contributed by atoms with Crippen LogP contribution in [0.5, 0.6) is 0 Å². The minimum atomic E-state index is -0.831. The smallest absolute Gasteiger partial charge is 0.255 e. The Balaban J connectivity index is 1.58. The summed E-state index contributed by atoms with van der Waals surface area (Å²) in [6.45, 7) is 5.89. The molecule has 2 aliphatic heterocycles. The van der Waals surface area contributed by atoms with E-state index in [9.17, 15) is 15.0 Å². The van der Waals surface area contributed by atoms with Gasteiger partial charge in [0, 0.05) is 30.5 Å². The summed E-state index contributed by atoms with van der Waals surface area (Å²) < 4.78 is 5.39. The molecule has 0 saturated carbocycles. The molecule has 140 valence electrons. The Morgan fingerprint density at radius 3 is 2.56 bits per heavy atom. The topological polar surface area (TPSA) is 89.0 Å². The third-order valence-electron chi connectivity index (χ3n) is 5.60. The van der Waals surface area contributed by atoms with E-state index in [1.54, 1.807) is 0 Å².